The van der Waals surface area contributed by atoms with Crippen LogP contribution in [0.15, 0.2) is 82.2 Å². The van der Waals surface area contributed by atoms with Gasteiger partial charge in [-0.25, -0.2) is 9.79 Å². The summed E-state index contributed by atoms with van der Waals surface area (Å²) in [7, 11) is 1.51. The maximum Gasteiger partial charge on any atom is 0.338 e. The van der Waals surface area contributed by atoms with Crippen LogP contribution in [-0.2, 0) is 19.1 Å². The number of amides is 1. The van der Waals surface area contributed by atoms with Crippen LogP contribution in [0.25, 0.3) is 5.57 Å². The molecule has 0 spiro atoms. The molecular weight excluding hydrogens is 526 g/mol. The van der Waals surface area contributed by atoms with Crippen molar-refractivity contribution in [2.45, 2.75) is 13.0 Å². The molecule has 0 bridgehead atoms. The van der Waals surface area contributed by atoms with E-state index in [1.807, 2.05) is 24.3 Å². The highest BCUT2D eigenvalue weighted by Crippen LogP contribution is 2.36. The maximum absolute atomic E-state index is 14.1. The molecule has 3 aromatic rings. The van der Waals surface area contributed by atoms with Gasteiger partial charge in [0.25, 0.3) is 11.5 Å². The third-order valence-electron chi connectivity index (χ3n) is 6.40. The highest BCUT2D eigenvalue weighted by molar-refractivity contribution is 7.07. The molecular formula is C28H24ClN3O5S. The highest BCUT2D eigenvalue weighted by Gasteiger charge is 2.37. The van der Waals surface area contributed by atoms with Crippen LogP contribution in [0.5, 0.6) is 0 Å². The molecule has 0 unspecified atom stereocenters. The Morgan fingerprint density at radius 2 is 1.89 bits per heavy atom. The van der Waals surface area contributed by atoms with Crippen LogP contribution in [0.2, 0.25) is 5.02 Å². The lowest BCUT2D eigenvalue weighted by atomic mass is 9.96. The average molecular weight is 550 g/mol. The largest absolute Gasteiger partial charge is 0.460 e. The highest BCUT2D eigenvalue weighted by atomic mass is 35.5. The molecule has 10 heteroatoms. The third kappa shape index (κ3) is 4.22. The van der Waals surface area contributed by atoms with Crippen molar-refractivity contribution in [3.05, 3.63) is 108 Å². The number of para-hydroxylation sites is 1. The normalized spacial score (nSPS) is 17.7. The van der Waals surface area contributed by atoms with E-state index in [0.717, 1.165) is 11.3 Å². The predicted octanol–water partition coefficient (Wildman–Crippen LogP) is 2.98. The lowest BCUT2D eigenvalue weighted by Gasteiger charge is -2.25. The molecule has 5 rings (SSSR count). The number of carbonyl (C=O) groups excluding carboxylic acids is 2. The molecule has 2 aliphatic heterocycles. The first-order valence-electron chi connectivity index (χ1n) is 11.9. The number of fused-ring (bicyclic) bond motifs is 2. The minimum atomic E-state index is -0.889. The van der Waals surface area contributed by atoms with Gasteiger partial charge in [0.1, 0.15) is 17.2 Å². The number of hydrogen-bond donors (Lipinski definition) is 0. The first kappa shape index (κ1) is 25.8. The Bertz CT molecular complexity index is 1690. The van der Waals surface area contributed by atoms with Crippen molar-refractivity contribution in [1.82, 2.24) is 4.57 Å². The van der Waals surface area contributed by atoms with Crippen LogP contribution in [-0.4, -0.2) is 43.3 Å². The molecule has 0 fully saturated rings. The quantitative estimate of drug-likeness (QED) is 0.257. The minimum Gasteiger partial charge on any atom is -0.460 e. The second-order valence-electron chi connectivity index (χ2n) is 8.65. The molecule has 38 heavy (non-hydrogen) atoms. The van der Waals surface area contributed by atoms with Crippen LogP contribution in [0.1, 0.15) is 24.1 Å². The van der Waals surface area contributed by atoms with E-state index in [-0.39, 0.29) is 29.2 Å². The molecule has 3 heterocycles. The van der Waals surface area contributed by atoms with Crippen LogP contribution in [0.3, 0.4) is 0 Å². The SMILES string of the molecule is C=CCN1C(=O)/C(=c2\sc3n(c2=O)[C@H](c2ccccc2Cl)C(C(=O)OCCOC)=C(C)N=3)c2ccccc21. The molecule has 0 saturated heterocycles. The smallest absolute Gasteiger partial charge is 0.338 e. The van der Waals surface area contributed by atoms with E-state index in [2.05, 4.69) is 11.6 Å². The van der Waals surface area contributed by atoms with Crippen molar-refractivity contribution in [2.75, 3.05) is 31.8 Å². The monoisotopic (exact) mass is 549 g/mol. The Hall–Kier alpha value is -3.79. The second-order valence-corrected chi connectivity index (χ2v) is 10.0. The number of esters is 1. The molecule has 0 radical (unpaired) electrons. The number of aromatic nitrogens is 1. The molecule has 1 aromatic heterocycles. The zero-order valence-corrected chi connectivity index (χ0v) is 22.3. The third-order valence-corrected chi connectivity index (χ3v) is 7.80. The second kappa shape index (κ2) is 10.5. The van der Waals surface area contributed by atoms with Gasteiger partial charge in [-0.1, -0.05) is 65.4 Å². The summed E-state index contributed by atoms with van der Waals surface area (Å²) < 4.78 is 12.1. The van der Waals surface area contributed by atoms with Gasteiger partial charge in [-0.3, -0.25) is 14.2 Å². The Labute approximate surface area is 227 Å². The number of allylic oxidation sites excluding steroid dienone is 1. The van der Waals surface area contributed by atoms with Crippen LogP contribution >= 0.6 is 22.9 Å². The van der Waals surface area contributed by atoms with Gasteiger partial charge in [0.2, 0.25) is 0 Å². The Morgan fingerprint density at radius 1 is 1.16 bits per heavy atom. The van der Waals surface area contributed by atoms with Crippen molar-refractivity contribution in [3.8, 4) is 0 Å². The minimum absolute atomic E-state index is 0.0420. The number of carbonyl (C=O) groups is 2. The summed E-state index contributed by atoms with van der Waals surface area (Å²) in [5, 5.41) is 0.382. The number of nitrogens with zero attached hydrogens (tertiary/aromatic N) is 3. The number of rotatable bonds is 7. The molecule has 2 aromatic carbocycles. The predicted molar refractivity (Wildman–Crippen MR) is 146 cm³/mol. The van der Waals surface area contributed by atoms with E-state index in [0.29, 0.717) is 44.5 Å². The molecule has 0 N–H and O–H groups in total. The van der Waals surface area contributed by atoms with Gasteiger partial charge in [-0.15, -0.1) is 6.58 Å². The molecule has 1 amide bonds. The lowest BCUT2D eigenvalue weighted by Crippen LogP contribution is -2.41. The van der Waals surface area contributed by atoms with E-state index in [1.54, 1.807) is 42.2 Å². The van der Waals surface area contributed by atoms with Crippen molar-refractivity contribution in [3.63, 3.8) is 0 Å². The summed E-state index contributed by atoms with van der Waals surface area (Å²) in [6.45, 7) is 6.02. The number of thiazole rings is 1. The van der Waals surface area contributed by atoms with Gasteiger partial charge in [-0.2, -0.15) is 0 Å². The molecule has 2 aliphatic rings. The summed E-state index contributed by atoms with van der Waals surface area (Å²) in [4.78, 5) is 47.5. The summed E-state index contributed by atoms with van der Waals surface area (Å²) in [5.41, 5.74) is 2.38. The van der Waals surface area contributed by atoms with Gasteiger partial charge in [0, 0.05) is 24.2 Å². The van der Waals surface area contributed by atoms with Crippen molar-refractivity contribution < 1.29 is 19.1 Å². The number of ether oxygens (including phenoxy) is 2. The van der Waals surface area contributed by atoms with E-state index >= 15 is 0 Å². The Kier molecular flexibility index (Phi) is 7.16. The van der Waals surface area contributed by atoms with Gasteiger partial charge in [0.15, 0.2) is 4.80 Å². The van der Waals surface area contributed by atoms with Crippen molar-refractivity contribution in [2.24, 2.45) is 4.99 Å². The average Bonchev–Trinajstić information content (AvgIpc) is 3.36. The molecule has 1 atom stereocenters. The van der Waals surface area contributed by atoms with E-state index in [4.69, 9.17) is 21.1 Å². The molecule has 8 nitrogen and oxygen atoms in total. The van der Waals surface area contributed by atoms with Crippen molar-refractivity contribution in [1.29, 1.82) is 0 Å². The topological polar surface area (TPSA) is 90.2 Å². The number of benzene rings is 2. The van der Waals surface area contributed by atoms with Crippen LogP contribution in [0.4, 0.5) is 5.69 Å². The number of halogens is 1. The van der Waals surface area contributed by atoms with Gasteiger partial charge >= 0.3 is 5.97 Å². The summed E-state index contributed by atoms with van der Waals surface area (Å²) in [6, 6.07) is 13.4. The van der Waals surface area contributed by atoms with Gasteiger partial charge < -0.3 is 14.4 Å². The molecule has 0 saturated carbocycles. The zero-order valence-electron chi connectivity index (χ0n) is 20.8. The van der Waals surface area contributed by atoms with Gasteiger partial charge in [-0.05, 0) is 24.6 Å². The Balaban J connectivity index is 1.77. The Morgan fingerprint density at radius 3 is 2.63 bits per heavy atom. The fourth-order valence-electron chi connectivity index (χ4n) is 4.73. The number of hydrogen-bond acceptors (Lipinski definition) is 7. The standard InChI is InChI=1S/C28H24ClN3O5S/c1-4-13-31-20-12-8-6-10-18(20)22(25(31)33)24-26(34)32-23(17-9-5-7-11-19(17)29)21(16(2)30-28(32)38-24)27(35)37-15-14-36-3/h4-12,23H,1,13-15H2,2-3H3/b24-22-/t23-/m1/s1. The van der Waals surface area contributed by atoms with Crippen molar-refractivity contribution >= 4 is 46.1 Å². The first-order chi connectivity index (χ1) is 18.4. The van der Waals surface area contributed by atoms with Crippen LogP contribution in [0, 0.1) is 0 Å². The lowest BCUT2D eigenvalue weighted by molar-refractivity contribution is -0.140. The summed E-state index contributed by atoms with van der Waals surface area (Å²) in [5.74, 6) is -0.911. The fraction of sp³-hybridized carbons (Fsp3) is 0.214. The molecule has 0 aliphatic carbocycles. The summed E-state index contributed by atoms with van der Waals surface area (Å²) >= 11 is 7.70. The molecule has 194 valence electrons. The first-order valence-corrected chi connectivity index (χ1v) is 13.1. The summed E-state index contributed by atoms with van der Waals surface area (Å²) in [6.07, 6.45) is 1.64. The number of anilines is 1. The van der Waals surface area contributed by atoms with E-state index < -0.39 is 17.6 Å². The fourth-order valence-corrected chi connectivity index (χ4v) is 6.11. The van der Waals surface area contributed by atoms with Crippen LogP contribution < -0.4 is 19.8 Å². The van der Waals surface area contributed by atoms with E-state index in [9.17, 15) is 14.4 Å². The van der Waals surface area contributed by atoms with Gasteiger partial charge in [0.05, 0.1) is 29.1 Å². The van der Waals surface area contributed by atoms with E-state index in [1.165, 1.54) is 11.7 Å². The number of methoxy groups -OCH3 is 1. The zero-order chi connectivity index (χ0) is 27.0. The maximum atomic E-state index is 14.1.